The Morgan fingerprint density at radius 3 is 2.16 bits per heavy atom. The van der Waals surface area contributed by atoms with Crippen LogP contribution in [0.15, 0.2) is 0 Å². The van der Waals surface area contributed by atoms with E-state index in [4.69, 9.17) is 11.1 Å². The first-order chi connectivity index (χ1) is 8.58. The van der Waals surface area contributed by atoms with Gasteiger partial charge in [-0.3, -0.25) is 5.41 Å². The Bertz CT molecular complexity index is 429. The van der Waals surface area contributed by atoms with Gasteiger partial charge in [0, 0.05) is 0 Å². The molecule has 0 rings (SSSR count). The number of amides is 1. The Balaban J connectivity index is 4.94. The van der Waals surface area contributed by atoms with Crippen LogP contribution in [-0.2, 0) is 14.9 Å². The summed E-state index contributed by atoms with van der Waals surface area (Å²) in [5.41, 5.74) is 4.22. The highest BCUT2D eigenvalue weighted by molar-refractivity contribution is 7.88. The molecule has 0 aromatic rings. The van der Waals surface area contributed by atoms with E-state index in [9.17, 15) is 13.2 Å². The lowest BCUT2D eigenvalue weighted by Crippen LogP contribution is -2.59. The second-order valence-electron chi connectivity index (χ2n) is 4.36. The molecule has 0 radical (unpaired) electrons. The molecule has 0 aliphatic rings. The van der Waals surface area contributed by atoms with Gasteiger partial charge >= 0.3 is 16.3 Å². The lowest BCUT2D eigenvalue weighted by molar-refractivity contribution is 0.121. The summed E-state index contributed by atoms with van der Waals surface area (Å²) in [6, 6.07) is 0. The first kappa shape index (κ1) is 17.6. The third-order valence-corrected chi connectivity index (χ3v) is 3.71. The minimum atomic E-state index is -4.15. The van der Waals surface area contributed by atoms with Gasteiger partial charge in [-0.1, -0.05) is 13.8 Å². The first-order valence-electron chi connectivity index (χ1n) is 5.95. The van der Waals surface area contributed by atoms with Crippen LogP contribution >= 0.6 is 0 Å². The van der Waals surface area contributed by atoms with Crippen LogP contribution in [0.1, 0.15) is 40.5 Å². The summed E-state index contributed by atoms with van der Waals surface area (Å²) in [5, 5.41) is 7.48. The minimum Gasteiger partial charge on any atom is -0.446 e. The van der Waals surface area contributed by atoms with Gasteiger partial charge in [-0.15, -0.1) is 0 Å². The van der Waals surface area contributed by atoms with Crippen LogP contribution in [-0.4, -0.2) is 32.0 Å². The Hall–Kier alpha value is -1.35. The van der Waals surface area contributed by atoms with Gasteiger partial charge in [-0.25, -0.2) is 9.52 Å². The summed E-state index contributed by atoms with van der Waals surface area (Å²) in [6.07, 6.45) is -0.935. The number of carbonyl (C=O) groups is 1. The molecule has 0 aliphatic heterocycles. The molecule has 5 N–H and O–H groups in total. The molecule has 0 heterocycles. The highest BCUT2D eigenvalue weighted by atomic mass is 32.2. The molecule has 1 amide bonds. The largest absolute Gasteiger partial charge is 0.446 e. The molecule has 0 saturated heterocycles. The van der Waals surface area contributed by atoms with Crippen molar-refractivity contribution in [3.05, 3.63) is 0 Å². The topological polar surface area (TPSA) is 134 Å². The minimum absolute atomic E-state index is 0.291. The number of nitrogens with two attached hydrogens (primary N) is 1. The second kappa shape index (κ2) is 6.71. The summed E-state index contributed by atoms with van der Waals surface area (Å²) in [4.78, 5) is 11.3. The molecule has 0 aliphatic carbocycles. The molecule has 0 spiro atoms. The van der Waals surface area contributed by atoms with Crippen LogP contribution in [0, 0.1) is 5.41 Å². The zero-order valence-electron chi connectivity index (χ0n) is 11.6. The van der Waals surface area contributed by atoms with Crippen molar-refractivity contribution in [3.63, 3.8) is 0 Å². The first-order valence-corrected chi connectivity index (χ1v) is 7.43. The summed E-state index contributed by atoms with van der Waals surface area (Å²) in [5.74, 6) is -0.305. The van der Waals surface area contributed by atoms with Gasteiger partial charge in [0.25, 0.3) is 0 Å². The van der Waals surface area contributed by atoms with Gasteiger partial charge in [-0.2, -0.15) is 13.1 Å². The molecule has 0 aromatic carbocycles. The van der Waals surface area contributed by atoms with Crippen LogP contribution in [0.25, 0.3) is 0 Å². The van der Waals surface area contributed by atoms with E-state index in [2.05, 4.69) is 9.46 Å². The molecule has 0 aromatic heterocycles. The highest BCUT2D eigenvalue weighted by Crippen LogP contribution is 2.15. The van der Waals surface area contributed by atoms with Gasteiger partial charge in [-0.05, 0) is 26.7 Å². The number of hydrogen-bond acceptors (Lipinski definition) is 5. The molecule has 0 atom stereocenters. The average molecular weight is 294 g/mol. The van der Waals surface area contributed by atoms with Crippen LogP contribution in [0.3, 0.4) is 0 Å². The van der Waals surface area contributed by atoms with Gasteiger partial charge in [0.1, 0.15) is 5.84 Å². The fourth-order valence-electron chi connectivity index (χ4n) is 1.46. The van der Waals surface area contributed by atoms with E-state index in [0.29, 0.717) is 12.8 Å². The van der Waals surface area contributed by atoms with E-state index in [0.717, 1.165) is 0 Å². The Labute approximate surface area is 113 Å². The van der Waals surface area contributed by atoms with Crippen LogP contribution < -0.4 is 15.2 Å². The molecule has 0 fully saturated rings. The quantitative estimate of drug-likeness (QED) is 0.399. The summed E-state index contributed by atoms with van der Waals surface area (Å²) in [7, 11) is -4.15. The molecule has 0 bridgehead atoms. The number of hydrogen-bond donors (Lipinski definition) is 4. The smallest absolute Gasteiger partial charge is 0.422 e. The van der Waals surface area contributed by atoms with Crippen molar-refractivity contribution in [1.29, 1.82) is 5.41 Å². The fourth-order valence-corrected chi connectivity index (χ4v) is 2.69. The number of nitrogens with one attached hydrogen (secondary N) is 3. The normalized spacial score (nSPS) is 12.3. The number of amidine groups is 1. The average Bonchev–Trinajstić information content (AvgIpc) is 2.23. The highest BCUT2D eigenvalue weighted by Gasteiger charge is 2.35. The van der Waals surface area contributed by atoms with Gasteiger partial charge in [0.15, 0.2) is 0 Å². The van der Waals surface area contributed by atoms with Crippen molar-refractivity contribution < 1.29 is 17.9 Å². The number of rotatable bonds is 7. The Morgan fingerprint density at radius 2 is 1.84 bits per heavy atom. The second-order valence-corrected chi connectivity index (χ2v) is 5.78. The van der Waals surface area contributed by atoms with Crippen LogP contribution in [0.4, 0.5) is 4.79 Å². The van der Waals surface area contributed by atoms with E-state index in [1.54, 1.807) is 32.4 Å². The monoisotopic (exact) mass is 294 g/mol. The van der Waals surface area contributed by atoms with Crippen molar-refractivity contribution in [2.24, 2.45) is 5.73 Å². The van der Waals surface area contributed by atoms with Gasteiger partial charge in [0.2, 0.25) is 0 Å². The molecule has 19 heavy (non-hydrogen) atoms. The van der Waals surface area contributed by atoms with Crippen molar-refractivity contribution in [3.8, 4) is 0 Å². The SMILES string of the molecule is CCC(CC)(NS(=O)(=O)NC(=O)OC(C)C)C(=N)N. The van der Waals surface area contributed by atoms with E-state index in [-0.39, 0.29) is 5.84 Å². The van der Waals surface area contributed by atoms with E-state index in [1.165, 1.54) is 0 Å². The fraction of sp³-hybridized carbons (Fsp3) is 0.800. The molecule has 9 heteroatoms. The lowest BCUT2D eigenvalue weighted by atomic mass is 9.93. The third-order valence-electron chi connectivity index (χ3n) is 2.61. The van der Waals surface area contributed by atoms with E-state index >= 15 is 0 Å². The molecule has 8 nitrogen and oxygen atoms in total. The predicted octanol–water partition coefficient (Wildman–Crippen LogP) is 0.450. The van der Waals surface area contributed by atoms with Gasteiger partial charge < -0.3 is 10.5 Å². The number of ether oxygens (including phenoxy) is 1. The van der Waals surface area contributed by atoms with Crippen LogP contribution in [0.5, 0.6) is 0 Å². The molecule has 0 unspecified atom stereocenters. The molecule has 112 valence electrons. The standard InChI is InChI=1S/C10H22N4O4S/c1-5-10(6-2,8(11)12)14-19(16,17)13-9(15)18-7(3)4/h7,14H,5-6H2,1-4H3,(H3,11,12)(H,13,15). The van der Waals surface area contributed by atoms with Crippen molar-refractivity contribution in [2.75, 3.05) is 0 Å². The maximum absolute atomic E-state index is 11.8. The number of carbonyl (C=O) groups excluding carboxylic acids is 1. The van der Waals surface area contributed by atoms with Crippen LogP contribution in [0.2, 0.25) is 0 Å². The van der Waals surface area contributed by atoms with E-state index in [1.807, 2.05) is 0 Å². The Kier molecular flexibility index (Phi) is 6.23. The van der Waals surface area contributed by atoms with Crippen molar-refractivity contribution >= 4 is 22.1 Å². The van der Waals surface area contributed by atoms with Crippen molar-refractivity contribution in [1.82, 2.24) is 9.44 Å². The summed E-state index contributed by atoms with van der Waals surface area (Å²) < 4.78 is 32.2. The maximum atomic E-state index is 11.8. The summed E-state index contributed by atoms with van der Waals surface area (Å²) >= 11 is 0. The lowest BCUT2D eigenvalue weighted by Gasteiger charge is -2.30. The predicted molar refractivity (Wildman–Crippen MR) is 72.0 cm³/mol. The molecular weight excluding hydrogens is 272 g/mol. The Morgan fingerprint density at radius 1 is 1.37 bits per heavy atom. The third kappa shape index (κ3) is 5.43. The maximum Gasteiger partial charge on any atom is 0.422 e. The zero-order valence-corrected chi connectivity index (χ0v) is 12.4. The molecular formula is C10H22N4O4S. The van der Waals surface area contributed by atoms with E-state index < -0.39 is 27.9 Å². The van der Waals surface area contributed by atoms with Gasteiger partial charge in [0.05, 0.1) is 11.6 Å². The zero-order chi connectivity index (χ0) is 15.3. The molecule has 0 saturated carbocycles. The summed E-state index contributed by atoms with van der Waals surface area (Å²) in [6.45, 7) is 6.58. The van der Waals surface area contributed by atoms with Crippen molar-refractivity contribution in [2.45, 2.75) is 52.2 Å².